The number of piperidine rings is 1. The van der Waals surface area contributed by atoms with Gasteiger partial charge in [-0.1, -0.05) is 0 Å². The summed E-state index contributed by atoms with van der Waals surface area (Å²) in [5.74, 6) is -0.928. The molecule has 1 aliphatic heterocycles. The van der Waals surface area contributed by atoms with E-state index in [0.717, 1.165) is 32.5 Å². The van der Waals surface area contributed by atoms with Crippen molar-refractivity contribution < 1.29 is 19.4 Å². The highest BCUT2D eigenvalue weighted by atomic mass is 16.5. The summed E-state index contributed by atoms with van der Waals surface area (Å²) in [5, 5.41) is 11.2. The van der Waals surface area contributed by atoms with Crippen molar-refractivity contribution in [3.8, 4) is 0 Å². The van der Waals surface area contributed by atoms with Gasteiger partial charge in [0.2, 0.25) is 5.91 Å². The second-order valence-corrected chi connectivity index (χ2v) is 4.23. The molecule has 0 atom stereocenters. The molecule has 0 unspecified atom stereocenters. The fourth-order valence-corrected chi connectivity index (χ4v) is 1.88. The molecule has 0 aromatic rings. The van der Waals surface area contributed by atoms with Crippen molar-refractivity contribution >= 4 is 11.9 Å². The van der Waals surface area contributed by atoms with Crippen LogP contribution >= 0.6 is 0 Å². The van der Waals surface area contributed by atoms with Crippen LogP contribution in [0.15, 0.2) is 0 Å². The van der Waals surface area contributed by atoms with Gasteiger partial charge in [-0.2, -0.15) is 0 Å². The highest BCUT2D eigenvalue weighted by Gasteiger charge is 2.19. The van der Waals surface area contributed by atoms with Crippen LogP contribution in [0.25, 0.3) is 0 Å². The van der Waals surface area contributed by atoms with Gasteiger partial charge in [0.15, 0.2) is 0 Å². The number of carbonyl (C=O) groups excluding carboxylic acids is 1. The van der Waals surface area contributed by atoms with Gasteiger partial charge in [0.1, 0.15) is 6.61 Å². The molecule has 0 spiro atoms. The molecular formula is C11H20N2O4. The predicted molar refractivity (Wildman–Crippen MR) is 61.7 cm³/mol. The number of amides is 1. The van der Waals surface area contributed by atoms with E-state index in [2.05, 4.69) is 10.2 Å². The van der Waals surface area contributed by atoms with Gasteiger partial charge in [-0.3, -0.25) is 4.79 Å². The van der Waals surface area contributed by atoms with E-state index < -0.39 is 5.97 Å². The Kier molecular flexibility index (Phi) is 5.93. The number of likely N-dealkylation sites (tertiary alicyclic amines) is 1. The minimum atomic E-state index is -0.918. The Morgan fingerprint density at radius 1 is 1.41 bits per heavy atom. The Balaban J connectivity index is 2.08. The molecule has 1 amide bonds. The van der Waals surface area contributed by atoms with Gasteiger partial charge >= 0.3 is 5.97 Å². The first-order valence-electron chi connectivity index (χ1n) is 5.88. The van der Waals surface area contributed by atoms with Crippen molar-refractivity contribution in [3.05, 3.63) is 0 Å². The van der Waals surface area contributed by atoms with E-state index in [0.29, 0.717) is 6.54 Å². The Labute approximate surface area is 101 Å². The summed E-state index contributed by atoms with van der Waals surface area (Å²) in [6.45, 7) is 4.58. The number of carboxylic acid groups (broad SMARTS) is 1. The molecule has 1 heterocycles. The first-order chi connectivity index (χ1) is 8.08. The number of nitrogens with one attached hydrogen (secondary N) is 1. The van der Waals surface area contributed by atoms with Crippen LogP contribution in [0.2, 0.25) is 0 Å². The molecule has 0 radical (unpaired) electrons. The van der Waals surface area contributed by atoms with E-state index in [1.165, 1.54) is 6.92 Å². The van der Waals surface area contributed by atoms with Crippen LogP contribution in [-0.2, 0) is 14.3 Å². The van der Waals surface area contributed by atoms with Gasteiger partial charge < -0.3 is 20.1 Å². The molecule has 98 valence electrons. The second-order valence-electron chi connectivity index (χ2n) is 4.23. The summed E-state index contributed by atoms with van der Waals surface area (Å²) in [7, 11) is 0. The lowest BCUT2D eigenvalue weighted by Gasteiger charge is -2.31. The van der Waals surface area contributed by atoms with Gasteiger partial charge in [0.05, 0.1) is 6.10 Å². The van der Waals surface area contributed by atoms with Gasteiger partial charge in [-0.25, -0.2) is 4.79 Å². The predicted octanol–water partition coefficient (Wildman–Crippen LogP) is -0.312. The third kappa shape index (κ3) is 6.23. The SMILES string of the molecule is CC(=O)NCCN1CCC(OCC(=O)O)CC1. The maximum Gasteiger partial charge on any atom is 0.329 e. The molecule has 1 aliphatic rings. The highest BCUT2D eigenvalue weighted by molar-refractivity contribution is 5.72. The van der Waals surface area contributed by atoms with E-state index in [9.17, 15) is 9.59 Å². The fraction of sp³-hybridized carbons (Fsp3) is 0.818. The average Bonchev–Trinajstić information content (AvgIpc) is 2.27. The minimum absolute atomic E-state index is 0.00956. The second kappa shape index (κ2) is 7.24. The summed E-state index contributed by atoms with van der Waals surface area (Å²) in [4.78, 5) is 23.3. The zero-order valence-corrected chi connectivity index (χ0v) is 10.1. The van der Waals surface area contributed by atoms with Crippen LogP contribution in [0.3, 0.4) is 0 Å². The molecular weight excluding hydrogens is 224 g/mol. The number of aliphatic carboxylic acids is 1. The Bertz CT molecular complexity index is 262. The first-order valence-corrected chi connectivity index (χ1v) is 5.88. The van der Waals surface area contributed by atoms with Crippen LogP contribution < -0.4 is 5.32 Å². The van der Waals surface area contributed by atoms with Crippen LogP contribution in [0, 0.1) is 0 Å². The summed E-state index contributed by atoms with van der Waals surface area (Å²) in [6, 6.07) is 0. The largest absolute Gasteiger partial charge is 0.480 e. The van der Waals surface area contributed by atoms with Gasteiger partial charge in [-0.05, 0) is 12.8 Å². The quantitative estimate of drug-likeness (QED) is 0.670. The molecule has 0 aliphatic carbocycles. The minimum Gasteiger partial charge on any atom is -0.480 e. The molecule has 17 heavy (non-hydrogen) atoms. The average molecular weight is 244 g/mol. The lowest BCUT2D eigenvalue weighted by atomic mass is 10.1. The maximum atomic E-state index is 10.7. The molecule has 2 N–H and O–H groups in total. The van der Waals surface area contributed by atoms with E-state index in [-0.39, 0.29) is 18.6 Å². The summed E-state index contributed by atoms with van der Waals surface area (Å²) in [5.41, 5.74) is 0. The van der Waals surface area contributed by atoms with Crippen molar-refractivity contribution in [2.45, 2.75) is 25.9 Å². The van der Waals surface area contributed by atoms with Gasteiger partial charge in [-0.15, -0.1) is 0 Å². The van der Waals surface area contributed by atoms with Crippen molar-refractivity contribution in [3.63, 3.8) is 0 Å². The standard InChI is InChI=1S/C11H20N2O4/c1-9(14)12-4-7-13-5-2-10(3-6-13)17-8-11(15)16/h10H,2-8H2,1H3,(H,12,14)(H,15,16). The molecule has 0 saturated carbocycles. The summed E-state index contributed by atoms with van der Waals surface area (Å²) in [6.07, 6.45) is 1.77. The molecule has 0 bridgehead atoms. The number of hydrogen-bond donors (Lipinski definition) is 2. The Morgan fingerprint density at radius 2 is 2.06 bits per heavy atom. The lowest BCUT2D eigenvalue weighted by molar-refractivity contribution is -0.145. The van der Waals surface area contributed by atoms with E-state index >= 15 is 0 Å². The number of rotatable bonds is 6. The Hall–Kier alpha value is -1.14. The fourth-order valence-electron chi connectivity index (χ4n) is 1.88. The zero-order valence-electron chi connectivity index (χ0n) is 10.1. The van der Waals surface area contributed by atoms with E-state index in [1.54, 1.807) is 0 Å². The van der Waals surface area contributed by atoms with Gasteiger partial charge in [0.25, 0.3) is 0 Å². The van der Waals surface area contributed by atoms with Gasteiger partial charge in [0, 0.05) is 33.1 Å². The third-order valence-corrected chi connectivity index (χ3v) is 2.78. The molecule has 1 fully saturated rings. The number of carbonyl (C=O) groups is 2. The molecule has 6 heteroatoms. The lowest BCUT2D eigenvalue weighted by Crippen LogP contribution is -2.41. The molecule has 0 aromatic heterocycles. The molecule has 1 saturated heterocycles. The first kappa shape index (κ1) is 13.9. The topological polar surface area (TPSA) is 78.9 Å². The number of carboxylic acids is 1. The highest BCUT2D eigenvalue weighted by Crippen LogP contribution is 2.12. The van der Waals surface area contributed by atoms with E-state index in [1.807, 2.05) is 0 Å². The number of ether oxygens (including phenoxy) is 1. The van der Waals surface area contributed by atoms with Crippen molar-refractivity contribution in [1.29, 1.82) is 0 Å². The summed E-state index contributed by atoms with van der Waals surface area (Å²) < 4.78 is 5.24. The van der Waals surface area contributed by atoms with Crippen LogP contribution in [0.5, 0.6) is 0 Å². The summed E-state index contributed by atoms with van der Waals surface area (Å²) >= 11 is 0. The molecule has 1 rings (SSSR count). The third-order valence-electron chi connectivity index (χ3n) is 2.78. The molecule has 0 aromatic carbocycles. The van der Waals surface area contributed by atoms with Crippen molar-refractivity contribution in [2.75, 3.05) is 32.8 Å². The number of nitrogens with zero attached hydrogens (tertiary/aromatic N) is 1. The van der Waals surface area contributed by atoms with Crippen molar-refractivity contribution in [2.24, 2.45) is 0 Å². The number of hydrogen-bond acceptors (Lipinski definition) is 4. The van der Waals surface area contributed by atoms with Crippen LogP contribution in [0.4, 0.5) is 0 Å². The maximum absolute atomic E-state index is 10.7. The Morgan fingerprint density at radius 3 is 2.59 bits per heavy atom. The van der Waals surface area contributed by atoms with Crippen LogP contribution in [-0.4, -0.2) is 60.8 Å². The van der Waals surface area contributed by atoms with Crippen LogP contribution in [0.1, 0.15) is 19.8 Å². The van der Waals surface area contributed by atoms with E-state index in [4.69, 9.17) is 9.84 Å². The zero-order chi connectivity index (χ0) is 12.7. The monoisotopic (exact) mass is 244 g/mol. The smallest absolute Gasteiger partial charge is 0.329 e. The normalized spacial score (nSPS) is 17.9. The van der Waals surface area contributed by atoms with Crippen molar-refractivity contribution in [1.82, 2.24) is 10.2 Å². The molecule has 6 nitrogen and oxygen atoms in total.